The van der Waals surface area contributed by atoms with Crippen molar-refractivity contribution < 1.29 is 0 Å². The van der Waals surface area contributed by atoms with E-state index in [1.54, 1.807) is 0 Å². The normalized spacial score (nSPS) is 10.3. The van der Waals surface area contributed by atoms with Gasteiger partial charge in [-0.25, -0.2) is 0 Å². The fraction of sp³-hybridized carbons (Fsp3) is 0.0714. The topological polar surface area (TPSA) is 12.9 Å². The Morgan fingerprint density at radius 3 is 2.62 bits per heavy atom. The summed E-state index contributed by atoms with van der Waals surface area (Å²) >= 11 is 0. The van der Waals surface area contributed by atoms with Crippen molar-refractivity contribution in [1.82, 2.24) is 4.98 Å². The first-order valence-corrected chi connectivity index (χ1v) is 5.09. The molecule has 0 radical (unpaired) electrons. The minimum absolute atomic E-state index is 0. The van der Waals surface area contributed by atoms with E-state index in [9.17, 15) is 0 Å². The second-order valence-corrected chi connectivity index (χ2v) is 3.87. The lowest BCUT2D eigenvalue weighted by Gasteiger charge is -2.03. The Morgan fingerprint density at radius 1 is 0.938 bits per heavy atom. The Morgan fingerprint density at radius 2 is 1.75 bits per heavy atom. The summed E-state index contributed by atoms with van der Waals surface area (Å²) in [5.41, 5.74) is 2.36. The van der Waals surface area contributed by atoms with Gasteiger partial charge >= 0.3 is 0 Å². The molecule has 3 aromatic rings. The van der Waals surface area contributed by atoms with Gasteiger partial charge in [-0.3, -0.25) is 4.98 Å². The molecule has 0 saturated heterocycles. The first-order valence-electron chi connectivity index (χ1n) is 5.09. The van der Waals surface area contributed by atoms with Crippen LogP contribution in [0.15, 0.2) is 48.7 Å². The Labute approximate surface area is 101 Å². The van der Waals surface area contributed by atoms with Crippen LogP contribution in [0, 0.1) is 6.92 Å². The van der Waals surface area contributed by atoms with E-state index in [-0.39, 0.29) is 12.4 Å². The summed E-state index contributed by atoms with van der Waals surface area (Å²) in [5, 5.41) is 3.73. The zero-order valence-corrected chi connectivity index (χ0v) is 9.79. The zero-order chi connectivity index (χ0) is 10.3. The van der Waals surface area contributed by atoms with Gasteiger partial charge in [0.05, 0.1) is 5.52 Å². The maximum Gasteiger partial charge on any atom is 0.0708 e. The van der Waals surface area contributed by atoms with Crippen LogP contribution in [0.4, 0.5) is 0 Å². The van der Waals surface area contributed by atoms with Crippen LogP contribution in [0.3, 0.4) is 0 Å². The summed E-state index contributed by atoms with van der Waals surface area (Å²) in [7, 11) is 0. The van der Waals surface area contributed by atoms with Crippen LogP contribution >= 0.6 is 12.4 Å². The molecule has 1 aromatic heterocycles. The van der Waals surface area contributed by atoms with Crippen molar-refractivity contribution >= 4 is 34.1 Å². The van der Waals surface area contributed by atoms with E-state index < -0.39 is 0 Å². The molecule has 3 rings (SSSR count). The second kappa shape index (κ2) is 4.11. The van der Waals surface area contributed by atoms with E-state index in [0.717, 1.165) is 5.52 Å². The highest BCUT2D eigenvalue weighted by Gasteiger charge is 2.00. The molecule has 80 valence electrons. The number of rotatable bonds is 0. The number of halogens is 1. The van der Waals surface area contributed by atoms with Crippen molar-refractivity contribution in [3.05, 3.63) is 54.2 Å². The average Bonchev–Trinajstić information content (AvgIpc) is 2.29. The van der Waals surface area contributed by atoms with Gasteiger partial charge in [-0.05, 0) is 18.4 Å². The van der Waals surface area contributed by atoms with E-state index in [2.05, 4.69) is 48.3 Å². The Balaban J connectivity index is 0.000000963. The van der Waals surface area contributed by atoms with E-state index in [1.165, 1.54) is 21.7 Å². The number of aryl methyl sites for hydroxylation is 1. The fourth-order valence-corrected chi connectivity index (χ4v) is 1.97. The molecule has 0 unspecified atom stereocenters. The molecule has 16 heavy (non-hydrogen) atoms. The average molecular weight is 230 g/mol. The Kier molecular flexibility index (Phi) is 2.80. The van der Waals surface area contributed by atoms with Crippen LogP contribution < -0.4 is 0 Å². The number of hydrogen-bond donors (Lipinski definition) is 0. The van der Waals surface area contributed by atoms with Gasteiger partial charge in [-0.15, -0.1) is 12.4 Å². The standard InChI is InChI=1S/C14H11N.ClH/c1-10-6-7-11-9-15-14-5-3-2-4-12(14)13(11)8-10;/h2-9H,1H3;1H. The highest BCUT2D eigenvalue weighted by atomic mass is 35.5. The van der Waals surface area contributed by atoms with Gasteiger partial charge in [-0.1, -0.05) is 42.0 Å². The Bertz CT molecular complexity index is 646. The summed E-state index contributed by atoms with van der Waals surface area (Å²) in [6.07, 6.45) is 1.94. The molecule has 0 aliphatic rings. The van der Waals surface area contributed by atoms with Crippen LogP contribution in [-0.4, -0.2) is 4.98 Å². The molecule has 1 nitrogen and oxygen atoms in total. The van der Waals surface area contributed by atoms with Crippen molar-refractivity contribution in [2.24, 2.45) is 0 Å². The van der Waals surface area contributed by atoms with Crippen LogP contribution in [-0.2, 0) is 0 Å². The lowest BCUT2D eigenvalue weighted by Crippen LogP contribution is -1.82. The monoisotopic (exact) mass is 229 g/mol. The molecule has 2 heteroatoms. The maximum absolute atomic E-state index is 4.44. The quantitative estimate of drug-likeness (QED) is 0.529. The molecule has 0 aliphatic carbocycles. The first kappa shape index (κ1) is 10.9. The molecule has 0 aliphatic heterocycles. The van der Waals surface area contributed by atoms with Gasteiger partial charge in [0.1, 0.15) is 0 Å². The number of para-hydroxylation sites is 1. The molecule has 0 bridgehead atoms. The summed E-state index contributed by atoms with van der Waals surface area (Å²) in [5.74, 6) is 0. The number of aromatic nitrogens is 1. The largest absolute Gasteiger partial charge is 0.256 e. The number of fused-ring (bicyclic) bond motifs is 3. The van der Waals surface area contributed by atoms with E-state index in [0.29, 0.717) is 0 Å². The SMILES string of the molecule is Cc1ccc2cnc3ccccc3c2c1.Cl. The second-order valence-electron chi connectivity index (χ2n) is 3.87. The van der Waals surface area contributed by atoms with Crippen LogP contribution in [0.2, 0.25) is 0 Å². The number of pyridine rings is 1. The first-order chi connectivity index (χ1) is 7.34. The van der Waals surface area contributed by atoms with E-state index in [4.69, 9.17) is 0 Å². The molecule has 0 fully saturated rings. The van der Waals surface area contributed by atoms with E-state index >= 15 is 0 Å². The van der Waals surface area contributed by atoms with Gasteiger partial charge in [0.25, 0.3) is 0 Å². The molecule has 0 saturated carbocycles. The predicted molar refractivity (Wildman–Crippen MR) is 71.2 cm³/mol. The fourth-order valence-electron chi connectivity index (χ4n) is 1.97. The van der Waals surface area contributed by atoms with Crippen LogP contribution in [0.5, 0.6) is 0 Å². The molecule has 0 amide bonds. The van der Waals surface area contributed by atoms with Crippen LogP contribution in [0.1, 0.15) is 5.56 Å². The highest BCUT2D eigenvalue weighted by Crippen LogP contribution is 2.23. The van der Waals surface area contributed by atoms with Gasteiger partial charge in [0, 0.05) is 17.0 Å². The summed E-state index contributed by atoms with van der Waals surface area (Å²) in [6.45, 7) is 2.12. The van der Waals surface area contributed by atoms with Crippen molar-refractivity contribution in [2.75, 3.05) is 0 Å². The third-order valence-electron chi connectivity index (χ3n) is 2.75. The van der Waals surface area contributed by atoms with Crippen LogP contribution in [0.25, 0.3) is 21.7 Å². The molecular formula is C14H12ClN. The Hall–Kier alpha value is -1.60. The smallest absolute Gasteiger partial charge is 0.0708 e. The molecule has 0 atom stereocenters. The third kappa shape index (κ3) is 1.63. The third-order valence-corrected chi connectivity index (χ3v) is 2.75. The van der Waals surface area contributed by atoms with Crippen molar-refractivity contribution in [3.8, 4) is 0 Å². The number of nitrogens with zero attached hydrogens (tertiary/aromatic N) is 1. The van der Waals surface area contributed by atoms with Crippen molar-refractivity contribution in [1.29, 1.82) is 0 Å². The number of hydrogen-bond acceptors (Lipinski definition) is 1. The number of benzene rings is 2. The summed E-state index contributed by atoms with van der Waals surface area (Å²) in [4.78, 5) is 4.44. The zero-order valence-electron chi connectivity index (χ0n) is 8.97. The van der Waals surface area contributed by atoms with Crippen molar-refractivity contribution in [2.45, 2.75) is 6.92 Å². The van der Waals surface area contributed by atoms with Gasteiger partial charge in [0.15, 0.2) is 0 Å². The summed E-state index contributed by atoms with van der Waals surface area (Å²) in [6, 6.07) is 14.7. The molecule has 2 aromatic carbocycles. The van der Waals surface area contributed by atoms with Gasteiger partial charge in [0.2, 0.25) is 0 Å². The minimum atomic E-state index is 0. The molecule has 1 heterocycles. The highest BCUT2D eigenvalue weighted by molar-refractivity contribution is 6.05. The molecule has 0 N–H and O–H groups in total. The summed E-state index contributed by atoms with van der Waals surface area (Å²) < 4.78 is 0. The van der Waals surface area contributed by atoms with Gasteiger partial charge in [-0.2, -0.15) is 0 Å². The van der Waals surface area contributed by atoms with Crippen molar-refractivity contribution in [3.63, 3.8) is 0 Å². The lowest BCUT2D eigenvalue weighted by molar-refractivity contribution is 1.43. The lowest BCUT2D eigenvalue weighted by atomic mass is 10.0. The minimum Gasteiger partial charge on any atom is -0.256 e. The van der Waals surface area contributed by atoms with E-state index in [1.807, 2.05) is 12.3 Å². The maximum atomic E-state index is 4.44. The van der Waals surface area contributed by atoms with Gasteiger partial charge < -0.3 is 0 Å². The molecule has 0 spiro atoms. The predicted octanol–water partition coefficient (Wildman–Crippen LogP) is 4.12. The molecular weight excluding hydrogens is 218 g/mol.